The van der Waals surface area contributed by atoms with E-state index in [2.05, 4.69) is 10.3 Å². The largest absolute Gasteiger partial charge is 0.758 e. The van der Waals surface area contributed by atoms with Gasteiger partial charge in [0.25, 0.3) is 0 Å². The van der Waals surface area contributed by atoms with Crippen LogP contribution in [0.4, 0.5) is 16.3 Å². The number of carbonyl (C=O) groups excluding carboxylic acids is 1. The maximum atomic E-state index is 12.4. The Morgan fingerprint density at radius 2 is 2.22 bits per heavy atom. The van der Waals surface area contributed by atoms with Crippen LogP contribution in [-0.4, -0.2) is 47.3 Å². The van der Waals surface area contributed by atoms with Crippen molar-refractivity contribution in [3.63, 3.8) is 0 Å². The van der Waals surface area contributed by atoms with Gasteiger partial charge in [0.05, 0.1) is 5.69 Å². The number of aromatic nitrogens is 1. The molecule has 0 radical (unpaired) electrons. The van der Waals surface area contributed by atoms with Gasteiger partial charge in [0, 0.05) is 37.8 Å². The fraction of sp³-hybridized carbons (Fsp3) is 0.625. The van der Waals surface area contributed by atoms with Gasteiger partial charge in [0.1, 0.15) is 11.4 Å². The average Bonchev–Trinajstić information content (AvgIpc) is 2.61. The zero-order valence-corrected chi connectivity index (χ0v) is 13.8. The van der Waals surface area contributed by atoms with Crippen molar-refractivity contribution >= 4 is 17.6 Å². The third-order valence-corrected chi connectivity index (χ3v) is 4.16. The van der Waals surface area contributed by atoms with Gasteiger partial charge in [0.15, 0.2) is 0 Å². The summed E-state index contributed by atoms with van der Waals surface area (Å²) in [5, 5.41) is 16.7. The number of nitrogens with one attached hydrogen (secondary N) is 1. The normalized spacial score (nSPS) is 24.2. The summed E-state index contributed by atoms with van der Waals surface area (Å²) >= 11 is 0. The smallest absolute Gasteiger partial charge is 0.410 e. The summed E-state index contributed by atoms with van der Waals surface area (Å²) in [6, 6.07) is 3.67. The molecule has 0 spiro atoms. The van der Waals surface area contributed by atoms with Crippen LogP contribution in [-0.2, 0) is 4.74 Å². The quantitative estimate of drug-likeness (QED) is 0.791. The zero-order valence-electron chi connectivity index (χ0n) is 13.8. The standard InChI is InChI=1S/C16H23N4O3/c1-16(2,3)23-15(21)19-8-6-12-11(9-19)10-20(22)13-5-4-7-17-14(13)18-12/h4-5,7,11-12H,6,8-10H2,1-3H3,(H,17,18)/q-1. The molecular weight excluding hydrogens is 296 g/mol. The number of nitrogens with zero attached hydrogens (tertiary/aromatic N) is 3. The van der Waals surface area contributed by atoms with Gasteiger partial charge in [-0.15, -0.1) is 0 Å². The molecule has 1 saturated heterocycles. The predicted molar refractivity (Wildman–Crippen MR) is 88.3 cm³/mol. The van der Waals surface area contributed by atoms with Crippen LogP contribution in [0.5, 0.6) is 0 Å². The van der Waals surface area contributed by atoms with Gasteiger partial charge in [-0.25, -0.2) is 9.78 Å². The molecule has 1 aromatic rings. The van der Waals surface area contributed by atoms with E-state index < -0.39 is 5.60 Å². The number of likely N-dealkylation sites (tertiary alicyclic amines) is 1. The molecule has 3 rings (SSSR count). The lowest BCUT2D eigenvalue weighted by molar-refractivity contribution is 0.0161. The number of fused-ring (bicyclic) bond motifs is 2. The second-order valence-electron chi connectivity index (χ2n) is 7.16. The summed E-state index contributed by atoms with van der Waals surface area (Å²) in [5.41, 5.74) is 0.0473. The Kier molecular flexibility index (Phi) is 4.06. The number of hydrogen-bond acceptors (Lipinski definition) is 6. The highest BCUT2D eigenvalue weighted by molar-refractivity contribution is 5.69. The van der Waals surface area contributed by atoms with E-state index in [1.807, 2.05) is 20.8 Å². The fourth-order valence-electron chi connectivity index (χ4n) is 3.10. The van der Waals surface area contributed by atoms with Gasteiger partial charge in [-0.1, -0.05) is 0 Å². The monoisotopic (exact) mass is 319 g/mol. The molecule has 0 saturated carbocycles. The van der Waals surface area contributed by atoms with Crippen LogP contribution >= 0.6 is 0 Å². The molecule has 2 atom stereocenters. The highest BCUT2D eigenvalue weighted by atomic mass is 16.6. The lowest BCUT2D eigenvalue weighted by atomic mass is 9.92. The van der Waals surface area contributed by atoms with Crippen LogP contribution in [0.3, 0.4) is 0 Å². The van der Waals surface area contributed by atoms with Crippen molar-refractivity contribution in [3.8, 4) is 0 Å². The lowest BCUT2D eigenvalue weighted by Crippen LogP contribution is -2.51. The molecule has 2 aliphatic heterocycles. The Morgan fingerprint density at radius 1 is 1.43 bits per heavy atom. The van der Waals surface area contributed by atoms with Crippen molar-refractivity contribution in [1.82, 2.24) is 9.88 Å². The minimum absolute atomic E-state index is 0.0444. The highest BCUT2D eigenvalue weighted by Crippen LogP contribution is 2.32. The second kappa shape index (κ2) is 5.88. The molecule has 1 aromatic heterocycles. The average molecular weight is 319 g/mol. The fourth-order valence-corrected chi connectivity index (χ4v) is 3.10. The number of anilines is 2. The number of ether oxygens (including phenoxy) is 1. The molecule has 0 aliphatic carbocycles. The Balaban J connectivity index is 1.72. The third kappa shape index (κ3) is 3.50. The molecule has 126 valence electrons. The minimum Gasteiger partial charge on any atom is -0.758 e. The van der Waals surface area contributed by atoms with Gasteiger partial charge >= 0.3 is 6.09 Å². The van der Waals surface area contributed by atoms with Crippen molar-refractivity contribution in [1.29, 1.82) is 0 Å². The van der Waals surface area contributed by atoms with Crippen molar-refractivity contribution in [2.75, 3.05) is 30.0 Å². The van der Waals surface area contributed by atoms with E-state index in [1.54, 1.807) is 23.2 Å². The molecule has 1 fully saturated rings. The first-order valence-corrected chi connectivity index (χ1v) is 7.97. The second-order valence-corrected chi connectivity index (χ2v) is 7.16. The number of carbonyl (C=O) groups is 1. The van der Waals surface area contributed by atoms with E-state index >= 15 is 0 Å². The molecule has 0 bridgehead atoms. The number of hydroxylamine groups is 1. The maximum absolute atomic E-state index is 12.4. The third-order valence-electron chi connectivity index (χ3n) is 4.16. The van der Waals surface area contributed by atoms with Gasteiger partial charge < -0.3 is 25.2 Å². The highest BCUT2D eigenvalue weighted by Gasteiger charge is 2.35. The summed E-state index contributed by atoms with van der Waals surface area (Å²) in [4.78, 5) is 18.2. The van der Waals surface area contributed by atoms with E-state index in [-0.39, 0.29) is 18.1 Å². The number of amides is 1. The first-order valence-electron chi connectivity index (χ1n) is 7.97. The summed E-state index contributed by atoms with van der Waals surface area (Å²) < 4.78 is 5.44. The molecule has 1 amide bonds. The Labute approximate surface area is 136 Å². The number of hydrogen-bond donors (Lipinski definition) is 1. The van der Waals surface area contributed by atoms with Gasteiger partial charge in [-0.3, -0.25) is 0 Å². The van der Waals surface area contributed by atoms with Gasteiger partial charge in [-0.05, 0) is 39.3 Å². The first-order chi connectivity index (χ1) is 10.8. The summed E-state index contributed by atoms with van der Waals surface area (Å²) in [6.07, 6.45) is 2.14. The van der Waals surface area contributed by atoms with Crippen molar-refractivity contribution in [2.45, 2.75) is 38.8 Å². The Hall–Kier alpha value is -2.02. The van der Waals surface area contributed by atoms with Crippen molar-refractivity contribution < 1.29 is 9.53 Å². The minimum atomic E-state index is -0.514. The molecule has 7 heteroatoms. The van der Waals surface area contributed by atoms with Gasteiger partial charge in [0.2, 0.25) is 0 Å². The SMILES string of the molecule is CC(C)(C)OC(=O)N1CCC2Nc3ncccc3N([O-])CC2C1. The maximum Gasteiger partial charge on any atom is 0.410 e. The van der Waals surface area contributed by atoms with Crippen LogP contribution in [0, 0.1) is 11.1 Å². The van der Waals surface area contributed by atoms with Crippen molar-refractivity contribution in [3.05, 3.63) is 23.5 Å². The number of pyridine rings is 1. The zero-order chi connectivity index (χ0) is 16.6. The molecule has 1 N–H and O–H groups in total. The van der Waals surface area contributed by atoms with Crippen LogP contribution < -0.4 is 10.4 Å². The van der Waals surface area contributed by atoms with E-state index in [4.69, 9.17) is 4.74 Å². The van der Waals surface area contributed by atoms with E-state index in [0.717, 1.165) is 11.5 Å². The van der Waals surface area contributed by atoms with Crippen LogP contribution in [0.25, 0.3) is 0 Å². The first kappa shape index (κ1) is 15.9. The summed E-state index contributed by atoms with van der Waals surface area (Å²) in [5.74, 6) is 0.670. The molecule has 3 heterocycles. The number of piperidine rings is 1. The molecule has 2 aliphatic rings. The summed E-state index contributed by atoms with van der Waals surface area (Å²) in [7, 11) is 0. The molecular formula is C16H23N4O3-. The van der Waals surface area contributed by atoms with Crippen molar-refractivity contribution in [2.24, 2.45) is 5.92 Å². The Morgan fingerprint density at radius 3 is 2.96 bits per heavy atom. The van der Waals surface area contributed by atoms with Crippen LogP contribution in [0.15, 0.2) is 18.3 Å². The number of rotatable bonds is 0. The predicted octanol–water partition coefficient (Wildman–Crippen LogP) is 2.44. The summed E-state index contributed by atoms with van der Waals surface area (Å²) in [6.45, 7) is 7.03. The van der Waals surface area contributed by atoms with Crippen LogP contribution in [0.2, 0.25) is 0 Å². The Bertz CT molecular complexity index is 587. The molecule has 0 aromatic carbocycles. The molecule has 7 nitrogen and oxygen atoms in total. The van der Waals surface area contributed by atoms with Gasteiger partial charge in [-0.2, -0.15) is 0 Å². The van der Waals surface area contributed by atoms with E-state index in [1.165, 1.54) is 0 Å². The van der Waals surface area contributed by atoms with Crippen LogP contribution in [0.1, 0.15) is 27.2 Å². The molecule has 2 unspecified atom stereocenters. The van der Waals surface area contributed by atoms with E-state index in [9.17, 15) is 10.0 Å². The van der Waals surface area contributed by atoms with E-state index in [0.29, 0.717) is 31.1 Å². The topological polar surface area (TPSA) is 80.8 Å². The molecule has 23 heavy (non-hydrogen) atoms. The lowest BCUT2D eigenvalue weighted by Gasteiger charge is -2.40.